The molecule has 0 bridgehead atoms. The van der Waals surface area contributed by atoms with Gasteiger partial charge in [-0.3, -0.25) is 0 Å². The minimum absolute atomic E-state index is 0. The zero-order chi connectivity index (χ0) is 8.81. The van der Waals surface area contributed by atoms with Crippen molar-refractivity contribution in [3.05, 3.63) is 0 Å². The van der Waals surface area contributed by atoms with Crippen LogP contribution in [0.25, 0.3) is 0 Å². The highest BCUT2D eigenvalue weighted by Crippen LogP contribution is 2.20. The van der Waals surface area contributed by atoms with Crippen LogP contribution >= 0.6 is 0 Å². The van der Waals surface area contributed by atoms with Crippen molar-refractivity contribution < 1.29 is 0 Å². The van der Waals surface area contributed by atoms with Crippen molar-refractivity contribution in [2.45, 2.75) is 70.9 Å². The molecule has 1 fully saturated rings. The van der Waals surface area contributed by atoms with Crippen LogP contribution in [0, 0.1) is 0 Å². The van der Waals surface area contributed by atoms with E-state index in [2.05, 4.69) is 19.2 Å². The molecule has 0 radical (unpaired) electrons. The Morgan fingerprint density at radius 1 is 1.00 bits per heavy atom. The second kappa shape index (κ2) is 7.34. The molecule has 0 aromatic carbocycles. The molecule has 4 N–H and O–H groups in total. The van der Waals surface area contributed by atoms with Gasteiger partial charge in [0, 0.05) is 12.1 Å². The van der Waals surface area contributed by atoms with Gasteiger partial charge >= 0.3 is 0 Å². The molecule has 0 aromatic heterocycles. The fraction of sp³-hybridized carbons (Fsp3) is 1.00. The summed E-state index contributed by atoms with van der Waals surface area (Å²) in [5, 5.41) is 3.64. The fourth-order valence-electron chi connectivity index (χ4n) is 2.04. The van der Waals surface area contributed by atoms with Crippen LogP contribution in [0.1, 0.15) is 58.8 Å². The van der Waals surface area contributed by atoms with Crippen LogP contribution in [0.4, 0.5) is 0 Å². The summed E-state index contributed by atoms with van der Waals surface area (Å²) in [4.78, 5) is 0. The van der Waals surface area contributed by atoms with Crippen LogP contribution in [-0.4, -0.2) is 12.1 Å². The van der Waals surface area contributed by atoms with Crippen LogP contribution in [0.5, 0.6) is 0 Å². The molecule has 2 atom stereocenters. The zero-order valence-corrected chi connectivity index (χ0v) is 9.31. The van der Waals surface area contributed by atoms with E-state index in [0.717, 1.165) is 12.1 Å². The summed E-state index contributed by atoms with van der Waals surface area (Å²) in [5.74, 6) is 0. The molecule has 0 aliphatic carbocycles. The molecule has 1 saturated heterocycles. The average Bonchev–Trinajstić information content (AvgIpc) is 2.00. The monoisotopic (exact) mass is 186 g/mol. The van der Waals surface area contributed by atoms with Gasteiger partial charge in [-0.05, 0) is 19.3 Å². The lowest BCUT2D eigenvalue weighted by Crippen LogP contribution is -2.51. The van der Waals surface area contributed by atoms with Gasteiger partial charge < -0.3 is 11.5 Å². The predicted octanol–water partition coefficient (Wildman–Crippen LogP) is 3.26. The van der Waals surface area contributed by atoms with E-state index in [1.807, 2.05) is 0 Å². The maximum atomic E-state index is 3.64. The van der Waals surface area contributed by atoms with Crippen molar-refractivity contribution >= 4 is 0 Å². The van der Waals surface area contributed by atoms with Crippen LogP contribution < -0.4 is 11.5 Å². The van der Waals surface area contributed by atoms with Crippen molar-refractivity contribution in [3.63, 3.8) is 0 Å². The third-order valence-electron chi connectivity index (χ3n) is 2.83. The van der Waals surface area contributed by atoms with Gasteiger partial charge in [-0.1, -0.05) is 39.5 Å². The maximum Gasteiger partial charge on any atom is 0.00844 e. The molecule has 2 unspecified atom stereocenters. The fourth-order valence-corrected chi connectivity index (χ4v) is 2.04. The molecule has 2 nitrogen and oxygen atoms in total. The highest BCUT2D eigenvalue weighted by atomic mass is 15.0. The Morgan fingerprint density at radius 3 is 2.15 bits per heavy atom. The summed E-state index contributed by atoms with van der Waals surface area (Å²) in [6.45, 7) is 4.54. The number of rotatable bonds is 6. The van der Waals surface area contributed by atoms with Crippen LogP contribution in [0.2, 0.25) is 0 Å². The first-order chi connectivity index (χ1) is 5.86. The van der Waals surface area contributed by atoms with Gasteiger partial charge in [-0.2, -0.15) is 0 Å². The number of hydrogen-bond donors (Lipinski definition) is 2. The molecule has 1 heterocycles. The van der Waals surface area contributed by atoms with Gasteiger partial charge in [-0.25, -0.2) is 0 Å². The summed E-state index contributed by atoms with van der Waals surface area (Å²) in [6, 6.07) is 1.73. The quantitative estimate of drug-likeness (QED) is 0.625. The first-order valence-electron chi connectivity index (χ1n) is 5.62. The van der Waals surface area contributed by atoms with Crippen molar-refractivity contribution in [2.75, 3.05) is 0 Å². The molecule has 2 heteroatoms. The zero-order valence-electron chi connectivity index (χ0n) is 9.31. The van der Waals surface area contributed by atoms with E-state index in [-0.39, 0.29) is 6.15 Å². The Balaban J connectivity index is 0.00000144. The van der Waals surface area contributed by atoms with Gasteiger partial charge in [0.1, 0.15) is 0 Å². The molecular formula is C11H26N2. The van der Waals surface area contributed by atoms with E-state index in [0.29, 0.717) is 0 Å². The maximum absolute atomic E-state index is 3.64. The Bertz CT molecular complexity index is 106. The summed E-state index contributed by atoms with van der Waals surface area (Å²) >= 11 is 0. The second-order valence-electron chi connectivity index (χ2n) is 4.08. The van der Waals surface area contributed by atoms with Crippen LogP contribution in [-0.2, 0) is 0 Å². The minimum atomic E-state index is 0. The normalized spacial score (nSPS) is 26.3. The van der Waals surface area contributed by atoms with E-state index in [4.69, 9.17) is 0 Å². The van der Waals surface area contributed by atoms with E-state index in [9.17, 15) is 0 Å². The lowest BCUT2D eigenvalue weighted by Gasteiger charge is -2.37. The molecule has 0 aromatic rings. The van der Waals surface area contributed by atoms with E-state index >= 15 is 0 Å². The van der Waals surface area contributed by atoms with Crippen LogP contribution in [0.15, 0.2) is 0 Å². The highest BCUT2D eigenvalue weighted by molar-refractivity contribution is 4.87. The summed E-state index contributed by atoms with van der Waals surface area (Å²) in [7, 11) is 0. The summed E-state index contributed by atoms with van der Waals surface area (Å²) < 4.78 is 0. The van der Waals surface area contributed by atoms with Gasteiger partial charge in [0.05, 0.1) is 0 Å². The average molecular weight is 186 g/mol. The van der Waals surface area contributed by atoms with E-state index in [1.54, 1.807) is 0 Å². The van der Waals surface area contributed by atoms with Crippen molar-refractivity contribution in [1.82, 2.24) is 11.5 Å². The number of unbranched alkanes of at least 4 members (excludes halogenated alkanes) is 2. The molecule has 80 valence electrons. The first kappa shape index (κ1) is 12.9. The SMILES string of the molecule is CCCCCC1CC(CCC)N1.N. The lowest BCUT2D eigenvalue weighted by atomic mass is 9.90. The lowest BCUT2D eigenvalue weighted by molar-refractivity contribution is 0.234. The first-order valence-corrected chi connectivity index (χ1v) is 5.62. The predicted molar refractivity (Wildman–Crippen MR) is 59.4 cm³/mol. The van der Waals surface area contributed by atoms with Gasteiger partial charge in [0.25, 0.3) is 0 Å². The van der Waals surface area contributed by atoms with Gasteiger partial charge in [0.2, 0.25) is 0 Å². The van der Waals surface area contributed by atoms with E-state index in [1.165, 1.54) is 44.9 Å². The third-order valence-corrected chi connectivity index (χ3v) is 2.83. The third kappa shape index (κ3) is 4.63. The molecule has 13 heavy (non-hydrogen) atoms. The molecule has 0 saturated carbocycles. The largest absolute Gasteiger partial charge is 0.344 e. The Kier molecular flexibility index (Phi) is 7.29. The molecule has 0 amide bonds. The van der Waals surface area contributed by atoms with Crippen LogP contribution in [0.3, 0.4) is 0 Å². The van der Waals surface area contributed by atoms with E-state index < -0.39 is 0 Å². The molecule has 0 spiro atoms. The number of nitrogens with one attached hydrogen (secondary N) is 1. The molecule has 1 aliphatic rings. The van der Waals surface area contributed by atoms with Crippen molar-refractivity contribution in [1.29, 1.82) is 0 Å². The summed E-state index contributed by atoms with van der Waals surface area (Å²) in [5.41, 5.74) is 0. The smallest absolute Gasteiger partial charge is 0.00844 e. The van der Waals surface area contributed by atoms with Crippen molar-refractivity contribution in [2.24, 2.45) is 0 Å². The summed E-state index contributed by atoms with van der Waals surface area (Å²) in [6.07, 6.45) is 9.75. The molecule has 1 rings (SSSR count). The minimum Gasteiger partial charge on any atom is -0.344 e. The van der Waals surface area contributed by atoms with Gasteiger partial charge in [0.15, 0.2) is 0 Å². The topological polar surface area (TPSA) is 47.0 Å². The Labute approximate surface area is 83.1 Å². The Hall–Kier alpha value is -0.0800. The highest BCUT2D eigenvalue weighted by Gasteiger charge is 2.25. The standard InChI is InChI=1S/C11H23N.H3N/c1-3-5-6-8-11-9-10(12-11)7-4-2;/h10-12H,3-9H2,1-2H3;1H3. The second-order valence-corrected chi connectivity index (χ2v) is 4.08. The molecular weight excluding hydrogens is 160 g/mol. The van der Waals surface area contributed by atoms with Gasteiger partial charge in [-0.15, -0.1) is 0 Å². The Morgan fingerprint density at radius 2 is 1.62 bits per heavy atom. The number of hydrogen-bond acceptors (Lipinski definition) is 2. The van der Waals surface area contributed by atoms with Crippen molar-refractivity contribution in [3.8, 4) is 0 Å². The molecule has 1 aliphatic heterocycles.